The summed E-state index contributed by atoms with van der Waals surface area (Å²) < 4.78 is 0. The van der Waals surface area contributed by atoms with Crippen LogP contribution in [-0.4, -0.2) is 19.0 Å². The van der Waals surface area contributed by atoms with Gasteiger partial charge in [0.05, 0.1) is 0 Å². The first-order valence-electron chi connectivity index (χ1n) is 6.35. The molecule has 1 aromatic rings. The van der Waals surface area contributed by atoms with E-state index in [0.717, 1.165) is 24.3 Å². The molecule has 0 bridgehead atoms. The number of nitrogens with two attached hydrogens (primary N) is 1. The zero-order chi connectivity index (χ0) is 13.4. The first-order chi connectivity index (χ1) is 8.63. The van der Waals surface area contributed by atoms with E-state index in [1.165, 1.54) is 5.56 Å². The predicted molar refractivity (Wildman–Crippen MR) is 75.6 cm³/mol. The van der Waals surface area contributed by atoms with Crippen LogP contribution in [0.2, 0.25) is 5.02 Å². The highest BCUT2D eigenvalue weighted by Gasteiger charge is 2.11. The lowest BCUT2D eigenvalue weighted by atomic mass is 10.0. The van der Waals surface area contributed by atoms with Crippen molar-refractivity contribution in [1.82, 2.24) is 5.32 Å². The molecule has 0 aliphatic heterocycles. The van der Waals surface area contributed by atoms with Gasteiger partial charge in [-0.3, -0.25) is 4.79 Å². The molecule has 1 rings (SSSR count). The maximum Gasteiger partial charge on any atom is 0.222 e. The van der Waals surface area contributed by atoms with Gasteiger partial charge in [0.15, 0.2) is 0 Å². The van der Waals surface area contributed by atoms with Crippen LogP contribution in [0.3, 0.4) is 0 Å². The van der Waals surface area contributed by atoms with Gasteiger partial charge < -0.3 is 11.1 Å². The number of hydrogen-bond acceptors (Lipinski definition) is 2. The molecule has 0 saturated carbocycles. The fourth-order valence-electron chi connectivity index (χ4n) is 1.71. The molecule has 0 aliphatic carbocycles. The highest BCUT2D eigenvalue weighted by atomic mass is 35.5. The number of benzene rings is 1. The van der Waals surface area contributed by atoms with Crippen LogP contribution in [0.25, 0.3) is 0 Å². The summed E-state index contributed by atoms with van der Waals surface area (Å²) in [5, 5.41) is 3.68. The Labute approximate surface area is 114 Å². The monoisotopic (exact) mass is 268 g/mol. The van der Waals surface area contributed by atoms with Gasteiger partial charge in [-0.1, -0.05) is 30.7 Å². The lowest BCUT2D eigenvalue weighted by Crippen LogP contribution is -2.31. The molecule has 0 spiro atoms. The van der Waals surface area contributed by atoms with Crippen molar-refractivity contribution < 1.29 is 4.79 Å². The Morgan fingerprint density at radius 2 is 2.06 bits per heavy atom. The number of hydrogen-bond donors (Lipinski definition) is 2. The summed E-state index contributed by atoms with van der Waals surface area (Å²) >= 11 is 5.81. The zero-order valence-corrected chi connectivity index (χ0v) is 11.5. The zero-order valence-electron chi connectivity index (χ0n) is 10.8. The third-order valence-corrected chi connectivity index (χ3v) is 3.17. The molecule has 0 fully saturated rings. The van der Waals surface area contributed by atoms with Gasteiger partial charge in [0.2, 0.25) is 5.91 Å². The quantitative estimate of drug-likeness (QED) is 0.798. The fourth-order valence-corrected chi connectivity index (χ4v) is 1.84. The van der Waals surface area contributed by atoms with E-state index in [1.807, 2.05) is 31.2 Å². The number of amides is 1. The van der Waals surface area contributed by atoms with Crippen molar-refractivity contribution in [1.29, 1.82) is 0 Å². The van der Waals surface area contributed by atoms with Crippen LogP contribution >= 0.6 is 11.6 Å². The Morgan fingerprint density at radius 1 is 1.39 bits per heavy atom. The number of carbonyl (C=O) groups excluding carboxylic acids is 1. The van der Waals surface area contributed by atoms with Crippen LogP contribution < -0.4 is 11.1 Å². The van der Waals surface area contributed by atoms with Crippen LogP contribution in [0, 0.1) is 5.92 Å². The molecule has 0 radical (unpaired) electrons. The number of rotatable bonds is 7. The van der Waals surface area contributed by atoms with Gasteiger partial charge in [0.1, 0.15) is 0 Å². The van der Waals surface area contributed by atoms with Crippen LogP contribution in [0.15, 0.2) is 24.3 Å². The van der Waals surface area contributed by atoms with Gasteiger partial charge >= 0.3 is 0 Å². The summed E-state index contributed by atoms with van der Waals surface area (Å²) in [5.41, 5.74) is 6.60. The van der Waals surface area contributed by atoms with Crippen molar-refractivity contribution in [3.63, 3.8) is 0 Å². The summed E-state index contributed by atoms with van der Waals surface area (Å²) in [6.07, 6.45) is 2.57. The van der Waals surface area contributed by atoms with Gasteiger partial charge in [-0.05, 0) is 43.5 Å². The molecule has 1 unspecified atom stereocenters. The lowest BCUT2D eigenvalue weighted by molar-refractivity contribution is -0.124. The standard InChI is InChI=1S/C14H21ClN2O/c1-11(3-2-9-16)14(18)17-10-8-12-4-6-13(15)7-5-12/h4-7,11H,2-3,8-10,16H2,1H3,(H,17,18). The molecule has 3 nitrogen and oxygen atoms in total. The normalized spacial score (nSPS) is 12.2. The average Bonchev–Trinajstić information content (AvgIpc) is 2.38. The Balaban J connectivity index is 2.24. The minimum absolute atomic E-state index is 0.0405. The van der Waals surface area contributed by atoms with Gasteiger partial charge in [-0.15, -0.1) is 0 Å². The van der Waals surface area contributed by atoms with Crippen LogP contribution in [0.4, 0.5) is 0 Å². The number of carbonyl (C=O) groups is 1. The molecule has 1 aromatic carbocycles. The second kappa shape index (κ2) is 8.11. The van der Waals surface area contributed by atoms with Crippen molar-refractivity contribution in [2.45, 2.75) is 26.2 Å². The van der Waals surface area contributed by atoms with Crippen molar-refractivity contribution in [2.24, 2.45) is 11.7 Å². The summed E-state index contributed by atoms with van der Waals surface area (Å²) in [7, 11) is 0. The largest absolute Gasteiger partial charge is 0.356 e. The fraction of sp³-hybridized carbons (Fsp3) is 0.500. The molecule has 18 heavy (non-hydrogen) atoms. The van der Waals surface area contributed by atoms with E-state index in [2.05, 4.69) is 5.32 Å². The van der Waals surface area contributed by atoms with E-state index in [-0.39, 0.29) is 11.8 Å². The Bertz CT molecular complexity index is 365. The maximum atomic E-state index is 11.7. The number of halogens is 1. The summed E-state index contributed by atoms with van der Waals surface area (Å²) in [6.45, 7) is 3.24. The molecular weight excluding hydrogens is 248 g/mol. The van der Waals surface area contributed by atoms with E-state index in [1.54, 1.807) is 0 Å². The molecule has 0 saturated heterocycles. The molecule has 0 heterocycles. The van der Waals surface area contributed by atoms with Gasteiger partial charge in [-0.2, -0.15) is 0 Å². The Morgan fingerprint density at radius 3 is 2.67 bits per heavy atom. The summed E-state index contributed by atoms with van der Waals surface area (Å²) in [5.74, 6) is 0.149. The smallest absolute Gasteiger partial charge is 0.222 e. The third kappa shape index (κ3) is 5.52. The minimum Gasteiger partial charge on any atom is -0.356 e. The average molecular weight is 269 g/mol. The molecule has 0 aromatic heterocycles. The Hall–Kier alpha value is -1.06. The molecule has 100 valence electrons. The van der Waals surface area contributed by atoms with Gasteiger partial charge in [0.25, 0.3) is 0 Å². The van der Waals surface area contributed by atoms with E-state index >= 15 is 0 Å². The number of nitrogens with one attached hydrogen (secondary N) is 1. The molecule has 1 atom stereocenters. The molecule has 0 aliphatic rings. The van der Waals surface area contributed by atoms with Crippen molar-refractivity contribution >= 4 is 17.5 Å². The SMILES string of the molecule is CC(CCCN)C(=O)NCCc1ccc(Cl)cc1. The first-order valence-corrected chi connectivity index (χ1v) is 6.73. The van der Waals surface area contributed by atoms with E-state index in [0.29, 0.717) is 13.1 Å². The van der Waals surface area contributed by atoms with Crippen LogP contribution in [0.1, 0.15) is 25.3 Å². The molecule has 4 heteroatoms. The predicted octanol–water partition coefficient (Wildman–Crippen LogP) is 2.37. The van der Waals surface area contributed by atoms with Gasteiger partial charge in [-0.25, -0.2) is 0 Å². The van der Waals surface area contributed by atoms with E-state index in [9.17, 15) is 4.79 Å². The minimum atomic E-state index is 0.0405. The topological polar surface area (TPSA) is 55.1 Å². The second-order valence-corrected chi connectivity index (χ2v) is 4.94. The van der Waals surface area contributed by atoms with E-state index < -0.39 is 0 Å². The Kier molecular flexibility index (Phi) is 6.76. The lowest BCUT2D eigenvalue weighted by Gasteiger charge is -2.11. The third-order valence-electron chi connectivity index (χ3n) is 2.92. The van der Waals surface area contributed by atoms with Crippen molar-refractivity contribution in [2.75, 3.05) is 13.1 Å². The second-order valence-electron chi connectivity index (χ2n) is 4.50. The van der Waals surface area contributed by atoms with Crippen molar-refractivity contribution in [3.8, 4) is 0 Å². The summed E-state index contributed by atoms with van der Waals surface area (Å²) in [6, 6.07) is 7.68. The molecular formula is C14H21ClN2O. The van der Waals surface area contributed by atoms with Crippen molar-refractivity contribution in [3.05, 3.63) is 34.9 Å². The summed E-state index contributed by atoms with van der Waals surface area (Å²) in [4.78, 5) is 11.7. The van der Waals surface area contributed by atoms with Crippen LogP contribution in [-0.2, 0) is 11.2 Å². The first kappa shape index (κ1) is 15.0. The van der Waals surface area contributed by atoms with E-state index in [4.69, 9.17) is 17.3 Å². The highest BCUT2D eigenvalue weighted by Crippen LogP contribution is 2.09. The highest BCUT2D eigenvalue weighted by molar-refractivity contribution is 6.30. The van der Waals surface area contributed by atoms with Gasteiger partial charge in [0, 0.05) is 17.5 Å². The maximum absolute atomic E-state index is 11.7. The molecule has 3 N–H and O–H groups in total. The van der Waals surface area contributed by atoms with Crippen LogP contribution in [0.5, 0.6) is 0 Å². The molecule has 1 amide bonds.